The fourth-order valence-electron chi connectivity index (χ4n) is 2.84. The van der Waals surface area contributed by atoms with Crippen molar-refractivity contribution in [3.8, 4) is 11.5 Å². The molecule has 0 saturated heterocycles. The molecule has 1 amide bonds. The zero-order valence-corrected chi connectivity index (χ0v) is 18.1. The van der Waals surface area contributed by atoms with Crippen molar-refractivity contribution in [2.75, 3.05) is 18.4 Å². The van der Waals surface area contributed by atoms with E-state index in [1.165, 1.54) is 24.3 Å². The molecule has 0 aliphatic heterocycles. The number of sulfonamides is 1. The van der Waals surface area contributed by atoms with Gasteiger partial charge in [0.15, 0.2) is 6.61 Å². The molecular weight excluding hydrogens is 416 g/mol. The highest BCUT2D eigenvalue weighted by molar-refractivity contribution is 7.92. The third-order valence-corrected chi connectivity index (χ3v) is 5.92. The second kappa shape index (κ2) is 9.99. The predicted molar refractivity (Wildman–Crippen MR) is 119 cm³/mol. The molecule has 0 saturated carbocycles. The van der Waals surface area contributed by atoms with Gasteiger partial charge in [0.1, 0.15) is 11.5 Å². The smallest absolute Gasteiger partial charge is 0.261 e. The monoisotopic (exact) mass is 440 g/mol. The quantitative estimate of drug-likeness (QED) is 0.529. The van der Waals surface area contributed by atoms with E-state index in [-0.39, 0.29) is 23.5 Å². The molecule has 0 aliphatic carbocycles. The Morgan fingerprint density at radius 3 is 2.13 bits per heavy atom. The van der Waals surface area contributed by atoms with Crippen LogP contribution in [0.1, 0.15) is 18.5 Å². The second-order valence-corrected chi connectivity index (χ2v) is 8.48. The van der Waals surface area contributed by atoms with Crippen molar-refractivity contribution in [1.29, 1.82) is 0 Å². The molecule has 0 unspecified atom stereocenters. The van der Waals surface area contributed by atoms with Crippen LogP contribution in [0.15, 0.2) is 83.8 Å². The van der Waals surface area contributed by atoms with Crippen LogP contribution < -0.4 is 19.5 Å². The minimum atomic E-state index is -3.71. The number of hydrogen-bond acceptors (Lipinski definition) is 5. The summed E-state index contributed by atoms with van der Waals surface area (Å²) < 4.78 is 38.0. The molecule has 7 nitrogen and oxygen atoms in total. The standard InChI is InChI=1S/C23H24N2O5S/c1-17(18-8-10-20(29-2)11-9-18)24-23(26)16-30-21-12-14-22(15-13-21)31(27,28)25-19-6-4-3-5-7-19/h3-15,17,25H,16H2,1-2H3,(H,24,26)/t17-/m1/s1. The van der Waals surface area contributed by atoms with Crippen molar-refractivity contribution in [1.82, 2.24) is 5.32 Å². The van der Waals surface area contributed by atoms with Crippen LogP contribution in [-0.2, 0) is 14.8 Å². The van der Waals surface area contributed by atoms with Crippen LogP contribution in [0.4, 0.5) is 5.69 Å². The molecule has 3 aromatic carbocycles. The third-order valence-electron chi connectivity index (χ3n) is 4.52. The normalized spacial score (nSPS) is 11.9. The highest BCUT2D eigenvalue weighted by Crippen LogP contribution is 2.20. The van der Waals surface area contributed by atoms with Crippen LogP contribution in [0.5, 0.6) is 11.5 Å². The number of para-hydroxylation sites is 1. The predicted octanol–water partition coefficient (Wildman–Crippen LogP) is 3.75. The van der Waals surface area contributed by atoms with Crippen molar-refractivity contribution >= 4 is 21.6 Å². The Morgan fingerprint density at radius 1 is 0.903 bits per heavy atom. The molecule has 0 aromatic heterocycles. The number of benzene rings is 3. The molecule has 0 radical (unpaired) electrons. The van der Waals surface area contributed by atoms with E-state index >= 15 is 0 Å². The summed E-state index contributed by atoms with van der Waals surface area (Å²) in [6, 6.07) is 21.7. The maximum atomic E-state index is 12.5. The van der Waals surface area contributed by atoms with Gasteiger partial charge in [-0.1, -0.05) is 30.3 Å². The van der Waals surface area contributed by atoms with Crippen molar-refractivity contribution in [2.24, 2.45) is 0 Å². The SMILES string of the molecule is COc1ccc([C@@H](C)NC(=O)COc2ccc(S(=O)(=O)Nc3ccccc3)cc2)cc1. The summed E-state index contributed by atoms with van der Waals surface area (Å²) in [6.45, 7) is 1.69. The van der Waals surface area contributed by atoms with Gasteiger partial charge in [0.25, 0.3) is 15.9 Å². The van der Waals surface area contributed by atoms with Crippen molar-refractivity contribution in [2.45, 2.75) is 17.9 Å². The van der Waals surface area contributed by atoms with Gasteiger partial charge in [-0.3, -0.25) is 9.52 Å². The fraction of sp³-hybridized carbons (Fsp3) is 0.174. The molecule has 3 rings (SSSR count). The van der Waals surface area contributed by atoms with E-state index in [9.17, 15) is 13.2 Å². The van der Waals surface area contributed by atoms with E-state index < -0.39 is 10.0 Å². The summed E-state index contributed by atoms with van der Waals surface area (Å²) in [5.74, 6) is 0.853. The average molecular weight is 441 g/mol. The van der Waals surface area contributed by atoms with E-state index in [2.05, 4.69) is 10.0 Å². The van der Waals surface area contributed by atoms with Crippen LogP contribution >= 0.6 is 0 Å². The number of methoxy groups -OCH3 is 1. The maximum Gasteiger partial charge on any atom is 0.261 e. The number of ether oxygens (including phenoxy) is 2. The van der Waals surface area contributed by atoms with Crippen LogP contribution in [0, 0.1) is 0 Å². The van der Waals surface area contributed by atoms with Crippen LogP contribution in [0.2, 0.25) is 0 Å². The highest BCUT2D eigenvalue weighted by atomic mass is 32.2. The van der Waals surface area contributed by atoms with Gasteiger partial charge in [-0.15, -0.1) is 0 Å². The molecule has 2 N–H and O–H groups in total. The third kappa shape index (κ3) is 6.23. The number of carbonyl (C=O) groups is 1. The van der Waals surface area contributed by atoms with E-state index in [4.69, 9.17) is 9.47 Å². The zero-order valence-electron chi connectivity index (χ0n) is 17.2. The van der Waals surface area contributed by atoms with Gasteiger partial charge in [0.05, 0.1) is 18.0 Å². The van der Waals surface area contributed by atoms with Crippen LogP contribution in [0.3, 0.4) is 0 Å². The van der Waals surface area contributed by atoms with E-state index in [0.29, 0.717) is 11.4 Å². The van der Waals surface area contributed by atoms with Gasteiger partial charge in [-0.2, -0.15) is 0 Å². The molecule has 0 aliphatic rings. The van der Waals surface area contributed by atoms with Crippen LogP contribution in [-0.4, -0.2) is 28.0 Å². The molecule has 8 heteroatoms. The molecule has 0 heterocycles. The largest absolute Gasteiger partial charge is 0.497 e. The first-order valence-corrected chi connectivity index (χ1v) is 11.1. The fourth-order valence-corrected chi connectivity index (χ4v) is 3.90. The summed E-state index contributed by atoms with van der Waals surface area (Å²) in [7, 11) is -2.11. The Hall–Kier alpha value is -3.52. The second-order valence-electron chi connectivity index (χ2n) is 6.79. The number of rotatable bonds is 9. The zero-order chi connectivity index (χ0) is 22.3. The summed E-state index contributed by atoms with van der Waals surface area (Å²) in [5.41, 5.74) is 1.42. The lowest BCUT2D eigenvalue weighted by Gasteiger charge is -2.15. The van der Waals surface area contributed by atoms with Gasteiger partial charge in [0, 0.05) is 5.69 Å². The molecule has 31 heavy (non-hydrogen) atoms. The van der Waals surface area contributed by atoms with Crippen LogP contribution in [0.25, 0.3) is 0 Å². The van der Waals surface area contributed by atoms with E-state index in [0.717, 1.165) is 11.3 Å². The Labute approximate surface area is 182 Å². The van der Waals surface area contributed by atoms with Gasteiger partial charge in [-0.25, -0.2) is 8.42 Å². The molecule has 0 bridgehead atoms. The lowest BCUT2D eigenvalue weighted by Crippen LogP contribution is -2.31. The van der Waals surface area contributed by atoms with Crippen molar-refractivity contribution < 1.29 is 22.7 Å². The Balaban J connectivity index is 1.53. The number of amides is 1. The lowest BCUT2D eigenvalue weighted by molar-refractivity contribution is -0.123. The van der Waals surface area contributed by atoms with Crippen molar-refractivity contribution in [3.05, 3.63) is 84.4 Å². The first-order chi connectivity index (χ1) is 14.9. The van der Waals surface area contributed by atoms with E-state index in [1.807, 2.05) is 31.2 Å². The highest BCUT2D eigenvalue weighted by Gasteiger charge is 2.15. The summed E-state index contributed by atoms with van der Waals surface area (Å²) >= 11 is 0. The minimum Gasteiger partial charge on any atom is -0.497 e. The van der Waals surface area contributed by atoms with Gasteiger partial charge in [0.2, 0.25) is 0 Å². The number of hydrogen-bond donors (Lipinski definition) is 2. The van der Waals surface area contributed by atoms with E-state index in [1.54, 1.807) is 37.4 Å². The molecule has 1 atom stereocenters. The summed E-state index contributed by atoms with van der Waals surface area (Å²) in [4.78, 5) is 12.3. The average Bonchev–Trinajstić information content (AvgIpc) is 2.78. The molecule has 162 valence electrons. The lowest BCUT2D eigenvalue weighted by atomic mass is 10.1. The van der Waals surface area contributed by atoms with Gasteiger partial charge < -0.3 is 14.8 Å². The maximum absolute atomic E-state index is 12.5. The molecule has 0 fully saturated rings. The Morgan fingerprint density at radius 2 is 1.52 bits per heavy atom. The number of anilines is 1. The number of carbonyl (C=O) groups excluding carboxylic acids is 1. The molecular formula is C23H24N2O5S. The molecule has 0 spiro atoms. The minimum absolute atomic E-state index is 0.0984. The summed E-state index contributed by atoms with van der Waals surface area (Å²) in [5, 5.41) is 2.86. The summed E-state index contributed by atoms with van der Waals surface area (Å²) in [6.07, 6.45) is 0. The number of nitrogens with one attached hydrogen (secondary N) is 2. The Bertz CT molecular complexity index is 1100. The topological polar surface area (TPSA) is 93.7 Å². The first kappa shape index (κ1) is 22.2. The molecule has 3 aromatic rings. The van der Waals surface area contributed by atoms with Gasteiger partial charge in [-0.05, 0) is 61.0 Å². The Kier molecular flexibility index (Phi) is 7.15. The first-order valence-electron chi connectivity index (χ1n) is 9.61. The van der Waals surface area contributed by atoms with Crippen molar-refractivity contribution in [3.63, 3.8) is 0 Å². The van der Waals surface area contributed by atoms with Gasteiger partial charge >= 0.3 is 0 Å².